The quantitative estimate of drug-likeness (QED) is 0.804. The van der Waals surface area contributed by atoms with Gasteiger partial charge in [-0.3, -0.25) is 9.78 Å². The Kier molecular flexibility index (Phi) is 5.57. The number of methoxy groups -OCH3 is 1. The number of ether oxygens (including phenoxy) is 3. The van der Waals surface area contributed by atoms with Crippen LogP contribution in [0.5, 0.6) is 11.5 Å². The van der Waals surface area contributed by atoms with Crippen LogP contribution < -0.4 is 4.74 Å². The van der Waals surface area contributed by atoms with Gasteiger partial charge in [0.2, 0.25) is 5.91 Å². The van der Waals surface area contributed by atoms with Gasteiger partial charge in [-0.25, -0.2) is 4.39 Å². The highest BCUT2D eigenvalue weighted by Crippen LogP contribution is 2.33. The Morgan fingerprint density at radius 3 is 2.88 bits per heavy atom. The molecule has 25 heavy (non-hydrogen) atoms. The summed E-state index contributed by atoms with van der Waals surface area (Å²) in [5.41, 5.74) is 0.732. The molecule has 7 heteroatoms. The Morgan fingerprint density at radius 1 is 1.32 bits per heavy atom. The lowest BCUT2D eigenvalue weighted by molar-refractivity contribution is -0.149. The van der Waals surface area contributed by atoms with Crippen molar-refractivity contribution in [3.8, 4) is 11.5 Å². The zero-order valence-electron chi connectivity index (χ0n) is 13.9. The summed E-state index contributed by atoms with van der Waals surface area (Å²) in [5, 5.41) is 0. The monoisotopic (exact) mass is 346 g/mol. The first-order valence-corrected chi connectivity index (χ1v) is 7.92. The molecule has 1 saturated heterocycles. The van der Waals surface area contributed by atoms with E-state index in [0.717, 1.165) is 5.56 Å². The normalized spacial score (nSPS) is 17.6. The standard InChI is InChI=1S/C18H19FN2O4/c1-23-9-8-21-16(11-24-12-18(21)22)15-10-20-7-6-17(15)25-14-4-2-13(19)3-5-14/h2-7,10,16H,8-9,11-12H2,1H3. The van der Waals surface area contributed by atoms with Gasteiger partial charge in [0.05, 0.1) is 19.3 Å². The van der Waals surface area contributed by atoms with Gasteiger partial charge in [-0.2, -0.15) is 0 Å². The van der Waals surface area contributed by atoms with Gasteiger partial charge in [0, 0.05) is 31.6 Å². The molecule has 1 fully saturated rings. The molecule has 2 aromatic rings. The number of morpholine rings is 1. The van der Waals surface area contributed by atoms with Gasteiger partial charge >= 0.3 is 0 Å². The Labute approximate surface area is 145 Å². The van der Waals surface area contributed by atoms with Crippen LogP contribution in [-0.4, -0.2) is 49.3 Å². The largest absolute Gasteiger partial charge is 0.457 e. The molecule has 1 aromatic heterocycles. The second kappa shape index (κ2) is 8.04. The van der Waals surface area contributed by atoms with Crippen LogP contribution in [0.15, 0.2) is 42.7 Å². The fourth-order valence-electron chi connectivity index (χ4n) is 2.70. The molecule has 6 nitrogen and oxygen atoms in total. The number of hydrogen-bond acceptors (Lipinski definition) is 5. The second-order valence-electron chi connectivity index (χ2n) is 5.58. The molecule has 0 N–H and O–H groups in total. The minimum atomic E-state index is -0.334. The maximum Gasteiger partial charge on any atom is 0.249 e. The molecule has 0 bridgehead atoms. The lowest BCUT2D eigenvalue weighted by Gasteiger charge is -2.36. The summed E-state index contributed by atoms with van der Waals surface area (Å²) in [5.74, 6) is 0.608. The molecule has 1 aromatic carbocycles. The topological polar surface area (TPSA) is 60.9 Å². The van der Waals surface area contributed by atoms with Crippen LogP contribution in [0.3, 0.4) is 0 Å². The van der Waals surface area contributed by atoms with E-state index in [-0.39, 0.29) is 24.4 Å². The van der Waals surface area contributed by atoms with Gasteiger partial charge in [0.25, 0.3) is 0 Å². The maximum absolute atomic E-state index is 13.1. The molecule has 0 saturated carbocycles. The average Bonchev–Trinajstić information content (AvgIpc) is 2.63. The van der Waals surface area contributed by atoms with Crippen molar-refractivity contribution >= 4 is 5.91 Å². The number of hydrogen-bond donors (Lipinski definition) is 0. The lowest BCUT2D eigenvalue weighted by Crippen LogP contribution is -2.45. The summed E-state index contributed by atoms with van der Waals surface area (Å²) in [4.78, 5) is 18.1. The number of amides is 1. The highest BCUT2D eigenvalue weighted by atomic mass is 19.1. The summed E-state index contributed by atoms with van der Waals surface area (Å²) in [7, 11) is 1.59. The third-order valence-corrected chi connectivity index (χ3v) is 3.94. The predicted molar refractivity (Wildman–Crippen MR) is 87.9 cm³/mol. The smallest absolute Gasteiger partial charge is 0.249 e. The van der Waals surface area contributed by atoms with Crippen LogP contribution in [0.4, 0.5) is 4.39 Å². The molecule has 1 amide bonds. The average molecular weight is 346 g/mol. The first-order chi connectivity index (χ1) is 12.2. The molecule has 0 aliphatic carbocycles. The van der Waals surface area contributed by atoms with Gasteiger partial charge in [-0.15, -0.1) is 0 Å². The number of halogens is 1. The van der Waals surface area contributed by atoms with E-state index >= 15 is 0 Å². The molecule has 1 unspecified atom stereocenters. The third-order valence-electron chi connectivity index (χ3n) is 3.94. The first kappa shape index (κ1) is 17.3. The SMILES string of the molecule is COCCN1C(=O)COCC1c1cnccc1Oc1ccc(F)cc1. The zero-order valence-corrected chi connectivity index (χ0v) is 13.9. The molecule has 3 rings (SSSR count). The van der Waals surface area contributed by atoms with Crippen LogP contribution in [0.25, 0.3) is 0 Å². The Hall–Kier alpha value is -2.51. The van der Waals surface area contributed by atoms with Crippen molar-refractivity contribution in [1.29, 1.82) is 0 Å². The number of nitrogens with zero attached hydrogens (tertiary/aromatic N) is 2. The van der Waals surface area contributed by atoms with Gasteiger partial charge in [-0.1, -0.05) is 0 Å². The van der Waals surface area contributed by atoms with Crippen LogP contribution >= 0.6 is 0 Å². The molecule has 1 aliphatic rings. The number of aromatic nitrogens is 1. The highest BCUT2D eigenvalue weighted by Gasteiger charge is 2.32. The number of pyridine rings is 1. The van der Waals surface area contributed by atoms with E-state index in [9.17, 15) is 9.18 Å². The fraction of sp³-hybridized carbons (Fsp3) is 0.333. The Balaban J connectivity index is 1.87. The molecule has 2 heterocycles. The predicted octanol–water partition coefficient (Wildman–Crippen LogP) is 2.56. The van der Waals surface area contributed by atoms with Crippen LogP contribution in [0.2, 0.25) is 0 Å². The minimum absolute atomic E-state index is 0.0502. The zero-order chi connectivity index (χ0) is 17.6. The van der Waals surface area contributed by atoms with E-state index in [1.165, 1.54) is 12.1 Å². The van der Waals surface area contributed by atoms with Crippen molar-refractivity contribution < 1.29 is 23.4 Å². The second-order valence-corrected chi connectivity index (χ2v) is 5.58. The van der Waals surface area contributed by atoms with E-state index < -0.39 is 0 Å². The molecule has 0 spiro atoms. The lowest BCUT2D eigenvalue weighted by atomic mass is 10.1. The summed E-state index contributed by atoms with van der Waals surface area (Å²) >= 11 is 0. The van der Waals surface area contributed by atoms with Crippen molar-refractivity contribution in [3.05, 3.63) is 54.1 Å². The van der Waals surface area contributed by atoms with E-state index in [1.807, 2.05) is 0 Å². The number of carbonyl (C=O) groups is 1. The van der Waals surface area contributed by atoms with Crippen molar-refractivity contribution in [2.75, 3.05) is 33.5 Å². The van der Waals surface area contributed by atoms with Crippen molar-refractivity contribution in [2.45, 2.75) is 6.04 Å². The molecule has 0 radical (unpaired) electrons. The van der Waals surface area contributed by atoms with Crippen molar-refractivity contribution in [3.63, 3.8) is 0 Å². The van der Waals surface area contributed by atoms with Gasteiger partial charge in [0.1, 0.15) is 23.9 Å². The third kappa shape index (κ3) is 4.12. The minimum Gasteiger partial charge on any atom is -0.457 e. The number of carbonyl (C=O) groups excluding carboxylic acids is 1. The molecular weight excluding hydrogens is 327 g/mol. The van der Waals surface area contributed by atoms with E-state index in [2.05, 4.69) is 4.98 Å². The van der Waals surface area contributed by atoms with Crippen LogP contribution in [0.1, 0.15) is 11.6 Å². The molecule has 1 aliphatic heterocycles. The molecule has 1 atom stereocenters. The highest BCUT2D eigenvalue weighted by molar-refractivity contribution is 5.78. The van der Waals surface area contributed by atoms with E-state index in [1.54, 1.807) is 42.6 Å². The first-order valence-electron chi connectivity index (χ1n) is 7.92. The fourth-order valence-corrected chi connectivity index (χ4v) is 2.70. The van der Waals surface area contributed by atoms with Crippen LogP contribution in [0, 0.1) is 5.82 Å². The van der Waals surface area contributed by atoms with Crippen molar-refractivity contribution in [2.24, 2.45) is 0 Å². The van der Waals surface area contributed by atoms with Gasteiger partial charge in [-0.05, 0) is 30.3 Å². The van der Waals surface area contributed by atoms with Crippen LogP contribution in [-0.2, 0) is 14.3 Å². The molecular formula is C18H19FN2O4. The number of rotatable bonds is 6. The van der Waals surface area contributed by atoms with E-state index in [0.29, 0.717) is 31.3 Å². The summed E-state index contributed by atoms with van der Waals surface area (Å²) in [6.07, 6.45) is 3.26. The Bertz CT molecular complexity index is 723. The van der Waals surface area contributed by atoms with Crippen molar-refractivity contribution in [1.82, 2.24) is 9.88 Å². The Morgan fingerprint density at radius 2 is 2.12 bits per heavy atom. The maximum atomic E-state index is 13.1. The van der Waals surface area contributed by atoms with Gasteiger partial charge < -0.3 is 19.1 Å². The number of benzene rings is 1. The molecule has 132 valence electrons. The summed E-state index contributed by atoms with van der Waals surface area (Å²) in [6.45, 7) is 1.28. The summed E-state index contributed by atoms with van der Waals surface area (Å²) in [6, 6.07) is 7.14. The van der Waals surface area contributed by atoms with E-state index in [4.69, 9.17) is 14.2 Å². The summed E-state index contributed by atoms with van der Waals surface area (Å²) < 4.78 is 29.5. The van der Waals surface area contributed by atoms with Gasteiger partial charge in [0.15, 0.2) is 0 Å².